The highest BCUT2D eigenvalue weighted by Gasteiger charge is 1.84. The van der Waals surface area contributed by atoms with Gasteiger partial charge < -0.3 is 4.79 Å². The van der Waals surface area contributed by atoms with Gasteiger partial charge in [0, 0.05) is 12.4 Å². The van der Waals surface area contributed by atoms with Gasteiger partial charge in [0.05, 0.1) is 5.02 Å². The maximum atomic E-state index is 9.44. The van der Waals surface area contributed by atoms with Crippen LogP contribution < -0.4 is 0 Å². The van der Waals surface area contributed by atoms with Gasteiger partial charge in [0.15, 0.2) is 0 Å². The van der Waals surface area contributed by atoms with Crippen molar-refractivity contribution in [2.24, 2.45) is 0 Å². The van der Waals surface area contributed by atoms with E-state index in [0.29, 0.717) is 5.02 Å². The van der Waals surface area contributed by atoms with Crippen LogP contribution in [0, 0.1) is 13.8 Å². The zero-order valence-electron chi connectivity index (χ0n) is 15.9. The van der Waals surface area contributed by atoms with Gasteiger partial charge in [0.2, 0.25) is 0 Å². The highest BCUT2D eigenvalue weighted by Crippen LogP contribution is 2.05. The summed E-state index contributed by atoms with van der Waals surface area (Å²) in [4.78, 5) is 13.3. The fourth-order valence-electron chi connectivity index (χ4n) is 1.05. The molecule has 0 amide bonds. The topological polar surface area (TPSA) is 30.0 Å². The van der Waals surface area contributed by atoms with E-state index >= 15 is 0 Å². The molecule has 0 atom stereocenters. The van der Waals surface area contributed by atoms with Crippen LogP contribution in [0.4, 0.5) is 0 Å². The molecule has 23 heavy (non-hydrogen) atoms. The number of carbonyl (C=O) groups is 1. The molecule has 0 saturated carbocycles. The lowest BCUT2D eigenvalue weighted by Gasteiger charge is -1.88. The van der Waals surface area contributed by atoms with Crippen molar-refractivity contribution < 1.29 is 4.79 Å². The Morgan fingerprint density at radius 1 is 0.870 bits per heavy atom. The van der Waals surface area contributed by atoms with Gasteiger partial charge in [0.1, 0.15) is 5.78 Å². The molecule has 2 nitrogen and oxygen atoms in total. The summed E-state index contributed by atoms with van der Waals surface area (Å²) in [6.45, 7) is 15.1. The van der Waals surface area contributed by atoms with E-state index in [-0.39, 0.29) is 5.78 Å². The van der Waals surface area contributed by atoms with Crippen molar-refractivity contribution >= 4 is 17.4 Å². The molecule has 2 aromatic rings. The summed E-state index contributed by atoms with van der Waals surface area (Å²) in [7, 11) is 0. The molecule has 0 fully saturated rings. The van der Waals surface area contributed by atoms with Gasteiger partial charge in [0.25, 0.3) is 0 Å². The van der Waals surface area contributed by atoms with E-state index in [1.54, 1.807) is 12.4 Å². The van der Waals surface area contributed by atoms with Crippen molar-refractivity contribution in [2.75, 3.05) is 0 Å². The Bertz CT molecular complexity index is 463. The Balaban J connectivity index is -0.000000245. The van der Waals surface area contributed by atoms with Crippen LogP contribution in [0.5, 0.6) is 0 Å². The van der Waals surface area contributed by atoms with Crippen LogP contribution in [0.15, 0.2) is 48.8 Å². The van der Waals surface area contributed by atoms with Crippen LogP contribution in [0.3, 0.4) is 0 Å². The lowest BCUT2D eigenvalue weighted by molar-refractivity contribution is -0.114. The molecule has 1 aromatic carbocycles. The average molecular weight is 338 g/mol. The first-order valence-electron chi connectivity index (χ1n) is 7.97. The van der Waals surface area contributed by atoms with Crippen LogP contribution in [-0.2, 0) is 4.79 Å². The molecule has 0 N–H and O–H groups in total. The van der Waals surface area contributed by atoms with Gasteiger partial charge in [-0.2, -0.15) is 0 Å². The number of hydrogen-bond donors (Lipinski definition) is 0. The van der Waals surface area contributed by atoms with Gasteiger partial charge in [-0.05, 0) is 39.3 Å². The molecule has 130 valence electrons. The van der Waals surface area contributed by atoms with E-state index in [9.17, 15) is 4.79 Å². The molecule has 1 heterocycles. The summed E-state index contributed by atoms with van der Waals surface area (Å²) in [6.07, 6.45) is 3.39. The molecule has 0 aliphatic carbocycles. The summed E-state index contributed by atoms with van der Waals surface area (Å²) in [5, 5.41) is 0.699. The molecule has 0 aliphatic rings. The van der Waals surface area contributed by atoms with Crippen molar-refractivity contribution in [1.29, 1.82) is 0 Å². The zero-order chi connectivity index (χ0) is 18.7. The van der Waals surface area contributed by atoms with Gasteiger partial charge in [-0.1, -0.05) is 75.2 Å². The van der Waals surface area contributed by atoms with Crippen LogP contribution in [0.25, 0.3) is 0 Å². The smallest absolute Gasteiger partial charge is 0.126 e. The van der Waals surface area contributed by atoms with Gasteiger partial charge in [-0.25, -0.2) is 0 Å². The molecule has 0 bridgehead atoms. The predicted molar refractivity (Wildman–Crippen MR) is 104 cm³/mol. The minimum atomic E-state index is 0.167. The van der Waals surface area contributed by atoms with E-state index in [4.69, 9.17) is 11.6 Å². The van der Waals surface area contributed by atoms with Gasteiger partial charge in [-0.15, -0.1) is 0 Å². The molecule has 0 saturated heterocycles. The Morgan fingerprint density at radius 3 is 1.52 bits per heavy atom. The largest absolute Gasteiger partial charge is 0.300 e. The molecule has 0 spiro atoms. The summed E-state index contributed by atoms with van der Waals surface area (Å²) in [5.74, 6) is 0.167. The first kappa shape index (κ1) is 26.2. The monoisotopic (exact) mass is 337 g/mol. The normalized spacial score (nSPS) is 7.52. The average Bonchev–Trinajstić information content (AvgIpc) is 2.52. The number of ketones is 1. The highest BCUT2D eigenvalue weighted by molar-refractivity contribution is 6.30. The Hall–Kier alpha value is -1.67. The number of hydrogen-bond acceptors (Lipinski definition) is 2. The fourth-order valence-corrected chi connectivity index (χ4v) is 1.28. The first-order valence-corrected chi connectivity index (χ1v) is 8.35. The van der Waals surface area contributed by atoms with Crippen molar-refractivity contribution in [3.63, 3.8) is 0 Å². The van der Waals surface area contributed by atoms with E-state index in [2.05, 4.69) is 24.0 Å². The third kappa shape index (κ3) is 25.6. The van der Waals surface area contributed by atoms with Crippen LogP contribution in [0.1, 0.15) is 52.7 Å². The number of halogens is 1. The second-order valence-electron chi connectivity index (χ2n) is 4.24. The summed E-state index contributed by atoms with van der Waals surface area (Å²) < 4.78 is 0. The van der Waals surface area contributed by atoms with E-state index < -0.39 is 0 Å². The van der Waals surface area contributed by atoms with Crippen LogP contribution in [-0.4, -0.2) is 10.8 Å². The number of aromatic nitrogens is 1. The van der Waals surface area contributed by atoms with Crippen molar-refractivity contribution in [1.82, 2.24) is 4.98 Å². The minimum absolute atomic E-state index is 0.167. The summed E-state index contributed by atoms with van der Waals surface area (Å²) in [6, 6.07) is 12.1. The molecular weight excluding hydrogens is 306 g/mol. The second kappa shape index (κ2) is 20.3. The zero-order valence-corrected chi connectivity index (χ0v) is 16.6. The maximum Gasteiger partial charge on any atom is 0.126 e. The van der Waals surface area contributed by atoms with Gasteiger partial charge in [-0.3, -0.25) is 4.98 Å². The summed E-state index contributed by atoms with van der Waals surface area (Å²) in [5.41, 5.74) is 2.42. The first-order chi connectivity index (χ1) is 10.9. The number of rotatable bonds is 0. The highest BCUT2D eigenvalue weighted by atomic mass is 35.5. The number of carbonyl (C=O) groups excluding carboxylic acids is 1. The fraction of sp³-hybridized carbons (Fsp3) is 0.400. The van der Waals surface area contributed by atoms with Crippen molar-refractivity contribution in [3.8, 4) is 0 Å². The lowest BCUT2D eigenvalue weighted by atomic mass is 10.2. The Morgan fingerprint density at radius 2 is 1.30 bits per heavy atom. The van der Waals surface area contributed by atoms with Crippen LogP contribution >= 0.6 is 11.6 Å². The summed E-state index contributed by atoms with van der Waals surface area (Å²) >= 11 is 5.58. The SMILES string of the molecule is CC.CC.CC(C)=O.Cc1ccccc1.Cc1cncc(Cl)c1. The number of aryl methyl sites for hydroxylation is 2. The van der Waals surface area contributed by atoms with Gasteiger partial charge >= 0.3 is 0 Å². The molecular formula is C20H32ClNO. The second-order valence-corrected chi connectivity index (χ2v) is 4.68. The quantitative estimate of drug-likeness (QED) is 0.536. The number of benzene rings is 1. The minimum Gasteiger partial charge on any atom is -0.300 e. The lowest BCUT2D eigenvalue weighted by Crippen LogP contribution is -1.73. The van der Waals surface area contributed by atoms with E-state index in [0.717, 1.165) is 5.56 Å². The van der Waals surface area contributed by atoms with E-state index in [1.807, 2.05) is 58.9 Å². The van der Waals surface area contributed by atoms with Crippen molar-refractivity contribution in [2.45, 2.75) is 55.4 Å². The number of pyridine rings is 1. The molecule has 0 aliphatic heterocycles. The predicted octanol–water partition coefficient (Wildman–Crippen LogP) is 6.69. The third-order valence-corrected chi connectivity index (χ3v) is 1.99. The van der Waals surface area contributed by atoms with Crippen molar-refractivity contribution in [3.05, 3.63) is 64.9 Å². The third-order valence-electron chi connectivity index (χ3n) is 1.78. The molecule has 0 unspecified atom stereocenters. The molecule has 0 radical (unpaired) electrons. The van der Waals surface area contributed by atoms with E-state index in [1.165, 1.54) is 19.4 Å². The number of nitrogens with zero attached hydrogens (tertiary/aromatic N) is 1. The van der Waals surface area contributed by atoms with Crippen LogP contribution in [0.2, 0.25) is 5.02 Å². The Labute approximate surface area is 147 Å². The molecule has 1 aromatic heterocycles. The Kier molecular flexibility index (Phi) is 23.2. The standard InChI is InChI=1S/C7H8.C6H6ClN.C3H6O.2C2H6/c1-7-5-3-2-4-6-7;1-5-2-6(7)4-8-3-5;1-3(2)4;2*1-2/h2-6H,1H3;2-4H,1H3;1-2H3;2*1-2H3. The molecule has 2 rings (SSSR count). The number of Topliss-reactive ketones (excluding diaryl/α,β-unsaturated/α-hetero) is 1. The molecule has 3 heteroatoms. The maximum absolute atomic E-state index is 9.44.